The Morgan fingerprint density at radius 2 is 2.24 bits per heavy atom. The fourth-order valence-corrected chi connectivity index (χ4v) is 4.20. The predicted molar refractivity (Wildman–Crippen MR) is 96.1 cm³/mol. The molecule has 2 aliphatic heterocycles. The Labute approximate surface area is 164 Å². The van der Waals surface area contributed by atoms with E-state index >= 15 is 4.39 Å². The maximum atomic E-state index is 15.2. The van der Waals surface area contributed by atoms with Crippen LogP contribution in [0.15, 0.2) is 40.1 Å². The number of para-hydroxylation sites is 1. The van der Waals surface area contributed by atoms with Gasteiger partial charge in [0.25, 0.3) is 5.56 Å². The molecular formula is C17H18FN2O8P. The molecule has 0 bridgehead atoms. The van der Waals surface area contributed by atoms with Crippen molar-refractivity contribution in [1.82, 2.24) is 9.55 Å². The van der Waals surface area contributed by atoms with Crippen molar-refractivity contribution in [2.75, 3.05) is 6.61 Å². The Morgan fingerprint density at radius 3 is 3.03 bits per heavy atom. The van der Waals surface area contributed by atoms with Crippen LogP contribution in [0.4, 0.5) is 4.39 Å². The summed E-state index contributed by atoms with van der Waals surface area (Å²) in [5.41, 5.74) is -1.06. The number of aromatic amines is 1. The number of nitrogens with one attached hydrogen (secondary N) is 1. The van der Waals surface area contributed by atoms with Gasteiger partial charge in [0.2, 0.25) is 5.85 Å². The van der Waals surface area contributed by atoms with E-state index in [1.165, 1.54) is 6.92 Å². The Bertz CT molecular complexity index is 1160. The number of aliphatic hydroxyl groups excluding tert-OH is 1. The van der Waals surface area contributed by atoms with Gasteiger partial charge in [-0.2, -0.15) is 0 Å². The number of nitrogens with zero attached hydrogens (tertiary/aromatic N) is 1. The third-order valence-electron chi connectivity index (χ3n) is 4.43. The molecule has 29 heavy (non-hydrogen) atoms. The molecule has 0 radical (unpaired) electrons. The van der Waals surface area contributed by atoms with E-state index in [0.717, 1.165) is 6.20 Å². The first kappa shape index (κ1) is 18.7. The van der Waals surface area contributed by atoms with E-state index in [0.29, 0.717) is 10.1 Å². The first-order valence-corrected chi connectivity index (χ1v) is 10.1. The topological polar surface area (TPSA) is 129 Å². The minimum atomic E-state index is -4.18. The number of rotatable bonds is 4. The summed E-state index contributed by atoms with van der Waals surface area (Å²) in [6.07, 6.45) is -4.17. The van der Waals surface area contributed by atoms with E-state index in [4.69, 9.17) is 19.7 Å². The van der Waals surface area contributed by atoms with Crippen molar-refractivity contribution in [2.45, 2.75) is 38.1 Å². The molecule has 1 aromatic heterocycles. The van der Waals surface area contributed by atoms with Gasteiger partial charge in [-0.1, -0.05) is 18.2 Å². The van der Waals surface area contributed by atoms with E-state index in [1.807, 2.05) is 4.98 Å². The lowest BCUT2D eigenvalue weighted by Gasteiger charge is -2.27. The van der Waals surface area contributed by atoms with Crippen molar-refractivity contribution in [3.05, 3.63) is 62.4 Å². The molecule has 2 aromatic rings. The third kappa shape index (κ3) is 3.92. The van der Waals surface area contributed by atoms with Crippen LogP contribution >= 0.6 is 7.82 Å². The molecule has 10 nitrogen and oxygen atoms in total. The van der Waals surface area contributed by atoms with Gasteiger partial charge in [0.05, 0.1) is 7.98 Å². The van der Waals surface area contributed by atoms with E-state index < -0.39 is 50.3 Å². The van der Waals surface area contributed by atoms with E-state index in [9.17, 15) is 19.3 Å². The maximum Gasteiger partial charge on any atom is 0.530 e. The highest BCUT2D eigenvalue weighted by Gasteiger charge is 2.50. The second-order valence-corrected chi connectivity index (χ2v) is 8.27. The molecular weight excluding hydrogens is 410 g/mol. The summed E-state index contributed by atoms with van der Waals surface area (Å²) in [4.78, 5) is 25.6. The molecule has 3 heterocycles. The number of H-pyrrole nitrogens is 1. The van der Waals surface area contributed by atoms with Crippen LogP contribution < -0.4 is 15.8 Å². The van der Waals surface area contributed by atoms with Gasteiger partial charge in [0.1, 0.15) is 18.5 Å². The predicted octanol–water partition coefficient (Wildman–Crippen LogP) is 1.52. The Kier molecular flexibility index (Phi) is 4.64. The molecule has 4 atom stereocenters. The first-order chi connectivity index (χ1) is 14.0. The number of halogens is 1. The molecule has 4 rings (SSSR count). The lowest BCUT2D eigenvalue weighted by molar-refractivity contribution is -0.179. The van der Waals surface area contributed by atoms with Crippen molar-refractivity contribution in [2.24, 2.45) is 0 Å². The monoisotopic (exact) mass is 429 g/mol. The van der Waals surface area contributed by atoms with Gasteiger partial charge in [-0.3, -0.25) is 23.4 Å². The Morgan fingerprint density at radius 1 is 1.48 bits per heavy atom. The molecule has 0 spiro atoms. The number of fused-ring (bicyclic) bond motifs is 1. The van der Waals surface area contributed by atoms with Crippen molar-refractivity contribution in [1.29, 1.82) is 0 Å². The van der Waals surface area contributed by atoms with Crippen molar-refractivity contribution >= 4 is 7.82 Å². The van der Waals surface area contributed by atoms with E-state index in [2.05, 4.69) is 0 Å². The average molecular weight is 429 g/mol. The number of hydrogen-bond donors (Lipinski definition) is 2. The summed E-state index contributed by atoms with van der Waals surface area (Å²) >= 11 is 0. The fourth-order valence-electron chi connectivity index (χ4n) is 2.95. The first-order valence-electron chi connectivity index (χ1n) is 9.10. The van der Waals surface area contributed by atoms with Crippen LogP contribution in [-0.2, 0) is 25.0 Å². The third-order valence-corrected chi connectivity index (χ3v) is 5.74. The number of aromatic nitrogens is 2. The standard InChI is InChI=1S/C17H18FN2O8P/c1-10-7-20(16(23)19-14(10)22)15-12(21)6-17(18,27-15)9-26-29(24)25-8-11-4-2-3-5-13(11)28-29/h2-5,7,12,15,21H,6,8-9H2,1H3,(H,19,22,23)/t12-,15-,17+,29?/m1/s1/i15D. The van der Waals surface area contributed by atoms with Crippen molar-refractivity contribution in [3.8, 4) is 5.75 Å². The zero-order chi connectivity index (χ0) is 21.7. The summed E-state index contributed by atoms with van der Waals surface area (Å²) in [6.45, 7) is 0.290. The highest BCUT2D eigenvalue weighted by Crippen LogP contribution is 2.55. The molecule has 1 unspecified atom stereocenters. The smallest absolute Gasteiger partial charge is 0.404 e. The second-order valence-electron chi connectivity index (χ2n) is 6.68. The lowest BCUT2D eigenvalue weighted by atomic mass is 10.2. The van der Waals surface area contributed by atoms with Gasteiger partial charge < -0.3 is 14.4 Å². The number of aliphatic hydroxyl groups is 1. The van der Waals surface area contributed by atoms with Gasteiger partial charge in [0.15, 0.2) is 6.20 Å². The van der Waals surface area contributed by atoms with Crippen LogP contribution in [0.5, 0.6) is 5.75 Å². The minimum Gasteiger partial charge on any atom is -0.404 e. The number of alkyl halides is 1. The molecule has 1 aromatic carbocycles. The van der Waals surface area contributed by atoms with E-state index in [1.54, 1.807) is 24.3 Å². The summed E-state index contributed by atoms with van der Waals surface area (Å²) in [5, 5.41) is 10.3. The highest BCUT2D eigenvalue weighted by atomic mass is 31.2. The molecule has 12 heteroatoms. The number of phosphoric ester groups is 1. The van der Waals surface area contributed by atoms with Crippen LogP contribution in [0, 0.1) is 6.92 Å². The van der Waals surface area contributed by atoms with Crippen LogP contribution in [0.25, 0.3) is 0 Å². The fraction of sp³-hybridized carbons (Fsp3) is 0.412. The van der Waals surface area contributed by atoms with Gasteiger partial charge in [-0.15, -0.1) is 0 Å². The van der Waals surface area contributed by atoms with Crippen LogP contribution in [0.3, 0.4) is 0 Å². The van der Waals surface area contributed by atoms with Crippen LogP contribution in [-0.4, -0.2) is 33.2 Å². The Balaban J connectivity index is 1.53. The van der Waals surface area contributed by atoms with Gasteiger partial charge in [0, 0.05) is 23.7 Å². The minimum absolute atomic E-state index is 0.0525. The van der Waals surface area contributed by atoms with Crippen molar-refractivity contribution < 1.29 is 33.7 Å². The number of benzene rings is 1. The number of phosphoric acid groups is 1. The molecule has 0 aliphatic carbocycles. The summed E-state index contributed by atoms with van der Waals surface area (Å²) in [7, 11) is -4.18. The second kappa shape index (κ2) is 7.19. The maximum absolute atomic E-state index is 15.2. The summed E-state index contributed by atoms with van der Waals surface area (Å²) in [6, 6.07) is 6.64. The van der Waals surface area contributed by atoms with Crippen molar-refractivity contribution in [3.63, 3.8) is 0 Å². The molecule has 1 fully saturated rings. The molecule has 1 saturated heterocycles. The zero-order valence-corrected chi connectivity index (χ0v) is 16.1. The SMILES string of the molecule is [2H][C@@]1(n2cc(C)c(=O)[nH]c2=O)O[C@](F)(COP2(=O)OCc3ccccc3O2)C[C@H]1O. The molecule has 2 N–H and O–H groups in total. The van der Waals surface area contributed by atoms with Crippen LogP contribution in [0.2, 0.25) is 0 Å². The lowest BCUT2D eigenvalue weighted by Crippen LogP contribution is -2.37. The molecule has 0 amide bonds. The number of ether oxygens (including phenoxy) is 1. The highest BCUT2D eigenvalue weighted by molar-refractivity contribution is 7.49. The molecule has 0 saturated carbocycles. The number of hydrogen-bond acceptors (Lipinski definition) is 8. The summed E-state index contributed by atoms with van der Waals surface area (Å²) < 4.78 is 57.2. The molecule has 2 aliphatic rings. The summed E-state index contributed by atoms with van der Waals surface area (Å²) in [5.74, 6) is -2.52. The quantitative estimate of drug-likeness (QED) is 0.700. The zero-order valence-electron chi connectivity index (χ0n) is 16.2. The number of aryl methyl sites for hydroxylation is 1. The van der Waals surface area contributed by atoms with Crippen LogP contribution in [0.1, 0.15) is 25.1 Å². The van der Waals surface area contributed by atoms with E-state index in [-0.39, 0.29) is 17.9 Å². The van der Waals surface area contributed by atoms with Gasteiger partial charge >= 0.3 is 13.5 Å². The van der Waals surface area contributed by atoms with Gasteiger partial charge in [-0.25, -0.2) is 13.8 Å². The Hall–Kier alpha value is -2.30. The average Bonchev–Trinajstić information content (AvgIpc) is 2.93. The molecule has 156 valence electrons. The normalized spacial score (nSPS) is 34.3. The van der Waals surface area contributed by atoms with Gasteiger partial charge in [-0.05, 0) is 13.0 Å². The largest absolute Gasteiger partial charge is 0.530 e.